The molecule has 3 heteroatoms. The number of aromatic hydroxyl groups is 2. The highest BCUT2D eigenvalue weighted by atomic mass is 79.9. The Kier molecular flexibility index (Phi) is 4.69. The van der Waals surface area contributed by atoms with Crippen LogP contribution >= 0.6 is 15.9 Å². The molecule has 0 aromatic heterocycles. The molecule has 5 rings (SSSR count). The Morgan fingerprint density at radius 3 is 1.41 bits per heavy atom. The van der Waals surface area contributed by atoms with Gasteiger partial charge in [-0.2, -0.15) is 0 Å². The molecule has 0 spiro atoms. The fourth-order valence-corrected chi connectivity index (χ4v) is 3.50. The molecular weight excluding hydrogens is 400 g/mol. The summed E-state index contributed by atoms with van der Waals surface area (Å²) in [6, 6.07) is 30.4. The van der Waals surface area contributed by atoms with E-state index < -0.39 is 0 Å². The van der Waals surface area contributed by atoms with Crippen molar-refractivity contribution in [2.24, 2.45) is 0 Å². The standard InChI is InChI=1S/C14H10.C10H7BrO2/c1-2-6-12-10-14-8-4-3-7-13(14)9-11(12)5-1;11-9-8(12)5-6-3-1-2-4-7(6)10(9)13/h1-10H;1-5,12-13H. The predicted molar refractivity (Wildman–Crippen MR) is 116 cm³/mol. The molecular formula is C24H17BrO2. The van der Waals surface area contributed by atoms with Crippen molar-refractivity contribution in [3.8, 4) is 11.5 Å². The van der Waals surface area contributed by atoms with Crippen molar-refractivity contribution >= 4 is 48.2 Å². The molecule has 2 N–H and O–H groups in total. The highest BCUT2D eigenvalue weighted by Crippen LogP contribution is 2.39. The fraction of sp³-hybridized carbons (Fsp3) is 0. The van der Waals surface area contributed by atoms with E-state index in [9.17, 15) is 10.2 Å². The van der Waals surface area contributed by atoms with E-state index in [-0.39, 0.29) is 11.5 Å². The molecule has 0 aliphatic carbocycles. The summed E-state index contributed by atoms with van der Waals surface area (Å²) in [6.45, 7) is 0. The Balaban J connectivity index is 0.000000134. The van der Waals surface area contributed by atoms with Crippen LogP contribution in [0.2, 0.25) is 0 Å². The third kappa shape index (κ3) is 3.46. The SMILES string of the molecule is Oc1cc2ccccc2c(O)c1Br.c1ccc2cc3ccccc3cc2c1. The largest absolute Gasteiger partial charge is 0.507 e. The molecule has 0 fully saturated rings. The van der Waals surface area contributed by atoms with Crippen LogP contribution in [0.15, 0.2) is 95.5 Å². The van der Waals surface area contributed by atoms with Gasteiger partial charge in [-0.05, 0) is 61.1 Å². The number of halogens is 1. The van der Waals surface area contributed by atoms with Gasteiger partial charge >= 0.3 is 0 Å². The maximum absolute atomic E-state index is 9.63. The summed E-state index contributed by atoms with van der Waals surface area (Å²) in [4.78, 5) is 0. The zero-order chi connectivity index (χ0) is 18.8. The zero-order valence-corrected chi connectivity index (χ0v) is 16.0. The predicted octanol–water partition coefficient (Wildman–Crippen LogP) is 7.01. The second-order valence-electron chi connectivity index (χ2n) is 6.33. The third-order valence-electron chi connectivity index (χ3n) is 4.55. The smallest absolute Gasteiger partial charge is 0.141 e. The second-order valence-corrected chi connectivity index (χ2v) is 7.12. The molecule has 0 saturated heterocycles. The van der Waals surface area contributed by atoms with Crippen LogP contribution < -0.4 is 0 Å². The fourth-order valence-electron chi connectivity index (χ4n) is 3.17. The van der Waals surface area contributed by atoms with Gasteiger partial charge in [0.15, 0.2) is 0 Å². The Morgan fingerprint density at radius 2 is 0.926 bits per heavy atom. The molecule has 0 amide bonds. The molecule has 0 radical (unpaired) electrons. The van der Waals surface area contributed by atoms with Crippen molar-refractivity contribution in [3.63, 3.8) is 0 Å². The number of phenols is 2. The lowest BCUT2D eigenvalue weighted by Gasteiger charge is -2.04. The summed E-state index contributed by atoms with van der Waals surface area (Å²) in [5.41, 5.74) is 0. The molecule has 0 unspecified atom stereocenters. The van der Waals surface area contributed by atoms with Crippen molar-refractivity contribution in [2.45, 2.75) is 0 Å². The van der Waals surface area contributed by atoms with E-state index in [1.807, 2.05) is 18.2 Å². The van der Waals surface area contributed by atoms with Gasteiger partial charge in [-0.1, -0.05) is 72.8 Å². The lowest BCUT2D eigenvalue weighted by atomic mass is 10.0. The third-order valence-corrected chi connectivity index (χ3v) is 5.34. The number of hydrogen-bond acceptors (Lipinski definition) is 2. The lowest BCUT2D eigenvalue weighted by Crippen LogP contribution is -1.76. The van der Waals surface area contributed by atoms with Crippen molar-refractivity contribution in [3.05, 3.63) is 95.5 Å². The quantitative estimate of drug-likeness (QED) is 0.266. The van der Waals surface area contributed by atoms with E-state index in [0.717, 1.165) is 10.8 Å². The van der Waals surface area contributed by atoms with Gasteiger partial charge in [-0.3, -0.25) is 0 Å². The number of rotatable bonds is 0. The number of phenolic OH excluding ortho intramolecular Hbond substituents is 2. The Hall–Kier alpha value is -3.04. The van der Waals surface area contributed by atoms with Crippen molar-refractivity contribution < 1.29 is 10.2 Å². The monoisotopic (exact) mass is 416 g/mol. The first kappa shape index (κ1) is 17.4. The van der Waals surface area contributed by atoms with Crippen molar-refractivity contribution in [1.29, 1.82) is 0 Å². The summed E-state index contributed by atoms with van der Waals surface area (Å²) in [6.07, 6.45) is 0. The van der Waals surface area contributed by atoms with Crippen molar-refractivity contribution in [1.82, 2.24) is 0 Å². The van der Waals surface area contributed by atoms with Gasteiger partial charge < -0.3 is 10.2 Å². The summed E-state index contributed by atoms with van der Waals surface area (Å²) in [5.74, 6) is 0.131. The van der Waals surface area contributed by atoms with Crippen LogP contribution in [0.1, 0.15) is 0 Å². The van der Waals surface area contributed by atoms with Crippen LogP contribution in [0.3, 0.4) is 0 Å². The number of benzene rings is 5. The average Bonchev–Trinajstić information content (AvgIpc) is 2.71. The molecule has 0 bridgehead atoms. The summed E-state index contributed by atoms with van der Waals surface area (Å²) in [7, 11) is 0. The maximum Gasteiger partial charge on any atom is 0.141 e. The molecule has 2 nitrogen and oxygen atoms in total. The first-order chi connectivity index (χ1) is 13.1. The zero-order valence-electron chi connectivity index (χ0n) is 14.4. The molecule has 27 heavy (non-hydrogen) atoms. The molecule has 0 saturated carbocycles. The van der Waals surface area contributed by atoms with Gasteiger partial charge in [-0.15, -0.1) is 0 Å². The summed E-state index contributed by atoms with van der Waals surface area (Å²) < 4.78 is 0.339. The average molecular weight is 417 g/mol. The van der Waals surface area contributed by atoms with E-state index in [1.165, 1.54) is 21.5 Å². The molecule has 0 atom stereocenters. The molecule has 132 valence electrons. The highest BCUT2D eigenvalue weighted by molar-refractivity contribution is 9.10. The molecule has 5 aromatic rings. The lowest BCUT2D eigenvalue weighted by molar-refractivity contribution is 0.449. The minimum atomic E-state index is 0.0520. The van der Waals surface area contributed by atoms with E-state index in [2.05, 4.69) is 76.6 Å². The Morgan fingerprint density at radius 1 is 0.519 bits per heavy atom. The van der Waals surface area contributed by atoms with Gasteiger partial charge in [0, 0.05) is 5.39 Å². The van der Waals surface area contributed by atoms with Gasteiger partial charge in [0.25, 0.3) is 0 Å². The van der Waals surface area contributed by atoms with Crippen LogP contribution in [0, 0.1) is 0 Å². The van der Waals surface area contributed by atoms with Crippen LogP contribution in [-0.2, 0) is 0 Å². The molecule has 5 aromatic carbocycles. The van der Waals surface area contributed by atoms with E-state index >= 15 is 0 Å². The van der Waals surface area contributed by atoms with Crippen molar-refractivity contribution in [2.75, 3.05) is 0 Å². The Labute approximate surface area is 165 Å². The van der Waals surface area contributed by atoms with Gasteiger partial charge in [0.05, 0.1) is 0 Å². The molecule has 0 heterocycles. The van der Waals surface area contributed by atoms with E-state index in [4.69, 9.17) is 0 Å². The van der Waals surface area contributed by atoms with Crippen LogP contribution in [0.5, 0.6) is 11.5 Å². The van der Waals surface area contributed by atoms with Crippen LogP contribution in [0.4, 0.5) is 0 Å². The second kappa shape index (κ2) is 7.29. The minimum absolute atomic E-state index is 0.0520. The van der Waals surface area contributed by atoms with E-state index in [1.54, 1.807) is 12.1 Å². The normalized spacial score (nSPS) is 10.7. The first-order valence-electron chi connectivity index (χ1n) is 8.60. The van der Waals surface area contributed by atoms with Crippen LogP contribution in [-0.4, -0.2) is 10.2 Å². The first-order valence-corrected chi connectivity index (χ1v) is 9.39. The summed E-state index contributed by atoms with van der Waals surface area (Å²) in [5, 5.41) is 25.8. The highest BCUT2D eigenvalue weighted by Gasteiger charge is 2.08. The van der Waals surface area contributed by atoms with Gasteiger partial charge in [0.1, 0.15) is 16.0 Å². The van der Waals surface area contributed by atoms with Gasteiger partial charge in [-0.25, -0.2) is 0 Å². The topological polar surface area (TPSA) is 40.5 Å². The molecule has 0 aliphatic heterocycles. The van der Waals surface area contributed by atoms with E-state index in [0.29, 0.717) is 4.47 Å². The van der Waals surface area contributed by atoms with Crippen LogP contribution in [0.25, 0.3) is 32.3 Å². The molecule has 0 aliphatic rings. The number of fused-ring (bicyclic) bond motifs is 3. The maximum atomic E-state index is 9.63. The summed E-state index contributed by atoms with van der Waals surface area (Å²) >= 11 is 3.10. The Bertz CT molecular complexity index is 1160. The minimum Gasteiger partial charge on any atom is -0.507 e. The van der Waals surface area contributed by atoms with Gasteiger partial charge in [0.2, 0.25) is 0 Å². The number of hydrogen-bond donors (Lipinski definition) is 2.